The van der Waals surface area contributed by atoms with Gasteiger partial charge in [0.1, 0.15) is 5.75 Å². The molecule has 1 amide bonds. The van der Waals surface area contributed by atoms with Crippen LogP contribution in [0.2, 0.25) is 0 Å². The van der Waals surface area contributed by atoms with Gasteiger partial charge in [0.15, 0.2) is 0 Å². The summed E-state index contributed by atoms with van der Waals surface area (Å²) in [5.74, 6) is 0.143. The van der Waals surface area contributed by atoms with Crippen LogP contribution in [-0.2, 0) is 4.79 Å². The van der Waals surface area contributed by atoms with Crippen molar-refractivity contribution in [3.05, 3.63) is 64.1 Å². The number of nitrogens with zero attached hydrogens (tertiary/aromatic N) is 2. The molecule has 4 nitrogen and oxygen atoms in total. The van der Waals surface area contributed by atoms with Crippen LogP contribution in [0.1, 0.15) is 36.9 Å². The molecule has 0 aliphatic carbocycles. The van der Waals surface area contributed by atoms with Crippen molar-refractivity contribution in [3.8, 4) is 5.75 Å². The number of hydrogen-bond acceptors (Lipinski definition) is 3. The Morgan fingerprint density at radius 3 is 2.61 bits per heavy atom. The molecule has 1 aliphatic rings. The molecule has 0 unspecified atom stereocenters. The van der Waals surface area contributed by atoms with E-state index in [0.717, 1.165) is 21.3 Å². The molecule has 3 rings (SSSR count). The molecule has 2 aromatic carbocycles. The minimum absolute atomic E-state index is 0.0506. The van der Waals surface area contributed by atoms with E-state index in [1.807, 2.05) is 43.3 Å². The normalized spacial score (nSPS) is 17.2. The molecular formula is C18H17BrN2O2. The van der Waals surface area contributed by atoms with Gasteiger partial charge in [0, 0.05) is 22.9 Å². The van der Waals surface area contributed by atoms with Crippen LogP contribution in [0.25, 0.3) is 0 Å². The lowest BCUT2D eigenvalue weighted by atomic mass is 9.97. The predicted octanol–water partition coefficient (Wildman–Crippen LogP) is 4.24. The zero-order chi connectivity index (χ0) is 16.4. The van der Waals surface area contributed by atoms with Crippen molar-refractivity contribution in [2.45, 2.75) is 25.8 Å². The van der Waals surface area contributed by atoms with Crippen LogP contribution in [0, 0.1) is 0 Å². The highest BCUT2D eigenvalue weighted by Crippen LogP contribution is 2.37. The van der Waals surface area contributed by atoms with Crippen molar-refractivity contribution < 1.29 is 9.90 Å². The Hall–Kier alpha value is -2.14. The van der Waals surface area contributed by atoms with Gasteiger partial charge in [-0.3, -0.25) is 4.79 Å². The summed E-state index contributed by atoms with van der Waals surface area (Å²) in [5, 5.41) is 16.2. The Morgan fingerprint density at radius 1 is 1.26 bits per heavy atom. The lowest BCUT2D eigenvalue weighted by Crippen LogP contribution is -2.26. The number of halogens is 1. The number of para-hydroxylation sites is 1. The van der Waals surface area contributed by atoms with Crippen LogP contribution >= 0.6 is 15.9 Å². The van der Waals surface area contributed by atoms with Crippen molar-refractivity contribution in [3.63, 3.8) is 0 Å². The van der Waals surface area contributed by atoms with Gasteiger partial charge in [-0.25, -0.2) is 5.01 Å². The summed E-state index contributed by atoms with van der Waals surface area (Å²) in [6, 6.07) is 14.7. The fourth-order valence-electron chi connectivity index (χ4n) is 2.73. The minimum atomic E-state index is -0.262. The summed E-state index contributed by atoms with van der Waals surface area (Å²) >= 11 is 3.42. The van der Waals surface area contributed by atoms with Crippen LogP contribution in [0.4, 0.5) is 0 Å². The lowest BCUT2D eigenvalue weighted by molar-refractivity contribution is -0.132. The first-order chi connectivity index (χ1) is 11.1. The SMILES string of the molecule is CCC(=O)N1N=C(c2ccc(Br)cc2)C[C@@H]1c1ccccc1O. The molecule has 118 valence electrons. The highest BCUT2D eigenvalue weighted by atomic mass is 79.9. The van der Waals surface area contributed by atoms with E-state index in [1.54, 1.807) is 12.1 Å². The molecular weight excluding hydrogens is 356 g/mol. The summed E-state index contributed by atoms with van der Waals surface area (Å²) in [6.07, 6.45) is 0.964. The van der Waals surface area contributed by atoms with Gasteiger partial charge >= 0.3 is 0 Å². The molecule has 0 saturated heterocycles. The maximum absolute atomic E-state index is 12.3. The number of benzene rings is 2. The monoisotopic (exact) mass is 372 g/mol. The number of rotatable bonds is 3. The highest BCUT2D eigenvalue weighted by Gasteiger charge is 2.33. The molecule has 1 aliphatic heterocycles. The van der Waals surface area contributed by atoms with Gasteiger partial charge in [0.2, 0.25) is 5.91 Å². The van der Waals surface area contributed by atoms with E-state index in [1.165, 1.54) is 5.01 Å². The smallest absolute Gasteiger partial charge is 0.242 e. The number of carbonyl (C=O) groups is 1. The second-order valence-corrected chi connectivity index (χ2v) is 6.34. The molecule has 5 heteroatoms. The maximum atomic E-state index is 12.3. The van der Waals surface area contributed by atoms with E-state index < -0.39 is 0 Å². The van der Waals surface area contributed by atoms with Gasteiger partial charge in [-0.1, -0.05) is 53.2 Å². The summed E-state index contributed by atoms with van der Waals surface area (Å²) in [7, 11) is 0. The van der Waals surface area contributed by atoms with E-state index in [0.29, 0.717) is 12.8 Å². The fourth-order valence-corrected chi connectivity index (χ4v) is 2.99. The number of hydrogen-bond donors (Lipinski definition) is 1. The van der Waals surface area contributed by atoms with E-state index in [9.17, 15) is 9.90 Å². The summed E-state index contributed by atoms with van der Waals surface area (Å²) in [6.45, 7) is 1.82. The van der Waals surface area contributed by atoms with Gasteiger partial charge < -0.3 is 5.11 Å². The lowest BCUT2D eigenvalue weighted by Gasteiger charge is -2.22. The number of hydrazone groups is 1. The molecule has 0 saturated carbocycles. The van der Waals surface area contributed by atoms with Gasteiger partial charge in [-0.15, -0.1) is 0 Å². The van der Waals surface area contributed by atoms with Gasteiger partial charge in [-0.05, 0) is 23.8 Å². The standard InChI is InChI=1S/C18H17BrN2O2/c1-2-18(23)21-16(14-5-3-4-6-17(14)22)11-15(20-21)12-7-9-13(19)10-8-12/h3-10,16,22H,2,11H2,1H3/t16-/m1/s1. The third-order valence-corrected chi connectivity index (χ3v) is 4.47. The van der Waals surface area contributed by atoms with Gasteiger partial charge in [0.25, 0.3) is 0 Å². The van der Waals surface area contributed by atoms with Crippen molar-refractivity contribution in [1.82, 2.24) is 5.01 Å². The van der Waals surface area contributed by atoms with Crippen LogP contribution in [-0.4, -0.2) is 21.7 Å². The molecule has 0 spiro atoms. The Kier molecular flexibility index (Phi) is 4.48. The maximum Gasteiger partial charge on any atom is 0.242 e. The average Bonchev–Trinajstić information content (AvgIpc) is 3.00. The van der Waals surface area contributed by atoms with E-state index in [-0.39, 0.29) is 17.7 Å². The molecule has 2 aromatic rings. The number of amides is 1. The largest absolute Gasteiger partial charge is 0.508 e. The first kappa shape index (κ1) is 15.7. The second kappa shape index (κ2) is 6.54. The topological polar surface area (TPSA) is 52.9 Å². The Labute approximate surface area is 143 Å². The van der Waals surface area contributed by atoms with Crippen molar-refractivity contribution in [2.75, 3.05) is 0 Å². The number of phenolic OH excluding ortho intramolecular Hbond substituents is 1. The summed E-state index contributed by atoms with van der Waals surface area (Å²) in [5.41, 5.74) is 2.57. The summed E-state index contributed by atoms with van der Waals surface area (Å²) in [4.78, 5) is 12.3. The fraction of sp³-hybridized carbons (Fsp3) is 0.222. The van der Waals surface area contributed by atoms with Gasteiger partial charge in [0.05, 0.1) is 11.8 Å². The Bertz CT molecular complexity index is 756. The Balaban J connectivity index is 1.97. The third kappa shape index (κ3) is 3.15. The molecule has 0 aromatic heterocycles. The zero-order valence-electron chi connectivity index (χ0n) is 12.7. The second-order valence-electron chi connectivity index (χ2n) is 5.42. The molecule has 0 bridgehead atoms. The van der Waals surface area contributed by atoms with Crippen LogP contribution in [0.3, 0.4) is 0 Å². The van der Waals surface area contributed by atoms with Crippen molar-refractivity contribution >= 4 is 27.5 Å². The van der Waals surface area contributed by atoms with Crippen LogP contribution < -0.4 is 0 Å². The minimum Gasteiger partial charge on any atom is -0.508 e. The third-order valence-electron chi connectivity index (χ3n) is 3.94. The first-order valence-electron chi connectivity index (χ1n) is 7.53. The number of carbonyl (C=O) groups excluding carboxylic acids is 1. The zero-order valence-corrected chi connectivity index (χ0v) is 14.3. The molecule has 1 atom stereocenters. The molecule has 1 N–H and O–H groups in total. The number of phenols is 1. The van der Waals surface area contributed by atoms with Crippen LogP contribution in [0.15, 0.2) is 58.1 Å². The highest BCUT2D eigenvalue weighted by molar-refractivity contribution is 9.10. The number of aromatic hydroxyl groups is 1. The predicted molar refractivity (Wildman–Crippen MR) is 93.3 cm³/mol. The van der Waals surface area contributed by atoms with Crippen molar-refractivity contribution in [1.29, 1.82) is 0 Å². The molecule has 23 heavy (non-hydrogen) atoms. The van der Waals surface area contributed by atoms with Gasteiger partial charge in [-0.2, -0.15) is 5.10 Å². The van der Waals surface area contributed by atoms with E-state index in [4.69, 9.17) is 0 Å². The quantitative estimate of drug-likeness (QED) is 0.875. The summed E-state index contributed by atoms with van der Waals surface area (Å²) < 4.78 is 0.999. The first-order valence-corrected chi connectivity index (χ1v) is 8.32. The molecule has 0 radical (unpaired) electrons. The van der Waals surface area contributed by atoms with Crippen LogP contribution in [0.5, 0.6) is 5.75 Å². The van der Waals surface area contributed by atoms with E-state index in [2.05, 4.69) is 21.0 Å². The average molecular weight is 373 g/mol. The van der Waals surface area contributed by atoms with E-state index >= 15 is 0 Å². The Morgan fingerprint density at radius 2 is 1.96 bits per heavy atom. The molecule has 0 fully saturated rings. The molecule has 1 heterocycles. The van der Waals surface area contributed by atoms with Crippen molar-refractivity contribution in [2.24, 2.45) is 5.10 Å².